The molecular formula is C26H31N3O3. The minimum absolute atomic E-state index is 0.117. The molecule has 1 aromatic carbocycles. The zero-order valence-electron chi connectivity index (χ0n) is 19.0. The number of aryl methyl sites for hydroxylation is 3. The van der Waals surface area contributed by atoms with Crippen LogP contribution in [0, 0.1) is 0 Å². The first kappa shape index (κ1) is 21.2. The summed E-state index contributed by atoms with van der Waals surface area (Å²) in [4.78, 5) is 13.0. The maximum absolute atomic E-state index is 13.0. The number of benzene rings is 1. The van der Waals surface area contributed by atoms with Crippen LogP contribution in [0.4, 0.5) is 0 Å². The van der Waals surface area contributed by atoms with Gasteiger partial charge < -0.3 is 14.0 Å². The van der Waals surface area contributed by atoms with Gasteiger partial charge in [-0.15, -0.1) is 0 Å². The molecule has 4 heterocycles. The van der Waals surface area contributed by atoms with E-state index in [1.165, 1.54) is 27.8 Å². The van der Waals surface area contributed by atoms with Gasteiger partial charge in [0.2, 0.25) is 0 Å². The second kappa shape index (κ2) is 9.04. The van der Waals surface area contributed by atoms with Crippen LogP contribution in [0.2, 0.25) is 0 Å². The number of fused-ring (bicyclic) bond motifs is 3. The topological polar surface area (TPSA) is 58.3 Å². The molecule has 2 aromatic heterocycles. The van der Waals surface area contributed by atoms with Crippen molar-refractivity contribution >= 4 is 0 Å². The molecule has 6 heteroatoms. The highest BCUT2D eigenvalue weighted by molar-refractivity contribution is 5.75. The summed E-state index contributed by atoms with van der Waals surface area (Å²) in [6.07, 6.45) is 8.77. The van der Waals surface area contributed by atoms with Gasteiger partial charge in [-0.05, 0) is 54.4 Å². The largest absolute Gasteiger partial charge is 0.376 e. The fourth-order valence-corrected chi connectivity index (χ4v) is 5.12. The van der Waals surface area contributed by atoms with Crippen molar-refractivity contribution in [3.05, 3.63) is 63.7 Å². The first-order valence-corrected chi connectivity index (χ1v) is 11.7. The summed E-state index contributed by atoms with van der Waals surface area (Å²) in [5.41, 5.74) is 8.53. The van der Waals surface area contributed by atoms with Gasteiger partial charge in [0.1, 0.15) is 0 Å². The van der Waals surface area contributed by atoms with Crippen LogP contribution >= 0.6 is 0 Å². The molecule has 0 radical (unpaired) electrons. The lowest BCUT2D eigenvalue weighted by atomic mass is 9.88. The lowest BCUT2D eigenvalue weighted by molar-refractivity contribution is -0.0910. The summed E-state index contributed by atoms with van der Waals surface area (Å²) in [5.74, 6) is 0. The summed E-state index contributed by atoms with van der Waals surface area (Å²) in [6, 6.07) is 8.49. The molecule has 0 bridgehead atoms. The quantitative estimate of drug-likeness (QED) is 0.594. The van der Waals surface area contributed by atoms with Crippen molar-refractivity contribution in [1.29, 1.82) is 0 Å². The molecule has 1 saturated heterocycles. The number of nitrogens with zero attached hydrogens (tertiary/aromatic N) is 3. The van der Waals surface area contributed by atoms with E-state index in [-0.39, 0.29) is 11.7 Å². The Morgan fingerprint density at radius 1 is 1.19 bits per heavy atom. The van der Waals surface area contributed by atoms with Gasteiger partial charge in [-0.3, -0.25) is 9.48 Å². The summed E-state index contributed by atoms with van der Waals surface area (Å²) >= 11 is 0. The third-order valence-electron chi connectivity index (χ3n) is 6.72. The lowest BCUT2D eigenvalue weighted by Gasteiger charge is -2.27. The summed E-state index contributed by atoms with van der Waals surface area (Å²) in [7, 11) is 1.94. The number of hydrogen-bond acceptors (Lipinski definition) is 4. The summed E-state index contributed by atoms with van der Waals surface area (Å²) in [5, 5.41) is 4.31. The number of ether oxygens (including phenoxy) is 2. The third-order valence-corrected chi connectivity index (χ3v) is 6.72. The van der Waals surface area contributed by atoms with Gasteiger partial charge >= 0.3 is 0 Å². The molecule has 32 heavy (non-hydrogen) atoms. The number of hydrogen-bond donors (Lipinski definition) is 0. The fraction of sp³-hybridized carbons (Fsp3) is 0.462. The highest BCUT2D eigenvalue weighted by Crippen LogP contribution is 2.35. The molecule has 1 fully saturated rings. The number of aromatic nitrogens is 3. The van der Waals surface area contributed by atoms with Crippen LogP contribution in [-0.4, -0.2) is 40.3 Å². The van der Waals surface area contributed by atoms with Crippen molar-refractivity contribution in [2.75, 3.05) is 19.8 Å². The van der Waals surface area contributed by atoms with Crippen molar-refractivity contribution in [2.45, 2.75) is 51.7 Å². The molecule has 5 rings (SSSR count). The minimum Gasteiger partial charge on any atom is -0.376 e. The number of rotatable bonds is 6. The Morgan fingerprint density at radius 2 is 2.09 bits per heavy atom. The first-order chi connectivity index (χ1) is 15.6. The standard InChI is InChI=1S/C26H31N3O3/c1-3-23-19(5-4-6-22-17-31-11-12-32-22)14-25(30)29-10-9-20-13-18(7-8-24(20)26(23)29)21-15-27-28(2)16-21/h7-8,13-16,22H,3-6,9-12,17H2,1-2H3/t22-/m1/s1. The molecule has 2 aliphatic heterocycles. The van der Waals surface area contributed by atoms with E-state index in [1.54, 1.807) is 0 Å². The van der Waals surface area contributed by atoms with Crippen molar-refractivity contribution < 1.29 is 9.47 Å². The average Bonchev–Trinajstić information content (AvgIpc) is 3.25. The lowest BCUT2D eigenvalue weighted by Crippen LogP contribution is -2.29. The van der Waals surface area contributed by atoms with Crippen LogP contribution in [0.3, 0.4) is 0 Å². The van der Waals surface area contributed by atoms with E-state index in [9.17, 15) is 4.79 Å². The van der Waals surface area contributed by atoms with Crippen LogP contribution < -0.4 is 5.56 Å². The van der Waals surface area contributed by atoms with Crippen LogP contribution in [0.5, 0.6) is 0 Å². The molecule has 6 nitrogen and oxygen atoms in total. The predicted molar refractivity (Wildman–Crippen MR) is 125 cm³/mol. The molecule has 0 unspecified atom stereocenters. The van der Waals surface area contributed by atoms with Crippen LogP contribution in [-0.2, 0) is 42.3 Å². The van der Waals surface area contributed by atoms with Crippen molar-refractivity contribution in [3.8, 4) is 22.4 Å². The van der Waals surface area contributed by atoms with Crippen LogP contribution in [0.25, 0.3) is 22.4 Å². The fourth-order valence-electron chi connectivity index (χ4n) is 5.12. The molecule has 3 aromatic rings. The molecule has 0 aliphatic carbocycles. The van der Waals surface area contributed by atoms with E-state index in [1.807, 2.05) is 34.8 Å². The van der Waals surface area contributed by atoms with Gasteiger partial charge in [-0.25, -0.2) is 0 Å². The molecule has 0 amide bonds. The predicted octanol–water partition coefficient (Wildman–Crippen LogP) is 3.77. The Bertz CT molecular complexity index is 1170. The average molecular weight is 434 g/mol. The SMILES string of the molecule is CCc1c(CCC[C@@H]2COCCO2)cc(=O)n2c1-c1ccc(-c3cnn(C)c3)cc1CC2. The van der Waals surface area contributed by atoms with Gasteiger partial charge in [-0.1, -0.05) is 25.1 Å². The molecule has 168 valence electrons. The maximum Gasteiger partial charge on any atom is 0.251 e. The number of pyridine rings is 1. The Labute approximate surface area is 188 Å². The van der Waals surface area contributed by atoms with E-state index in [2.05, 4.69) is 30.2 Å². The second-order valence-electron chi connectivity index (χ2n) is 8.82. The van der Waals surface area contributed by atoms with Crippen molar-refractivity contribution in [1.82, 2.24) is 14.3 Å². The van der Waals surface area contributed by atoms with E-state index in [0.717, 1.165) is 49.9 Å². The van der Waals surface area contributed by atoms with Gasteiger partial charge in [-0.2, -0.15) is 5.10 Å². The van der Waals surface area contributed by atoms with Gasteiger partial charge in [0, 0.05) is 37.0 Å². The maximum atomic E-state index is 13.0. The monoisotopic (exact) mass is 433 g/mol. The summed E-state index contributed by atoms with van der Waals surface area (Å²) in [6.45, 7) is 4.99. The van der Waals surface area contributed by atoms with Crippen molar-refractivity contribution in [3.63, 3.8) is 0 Å². The van der Waals surface area contributed by atoms with Gasteiger partial charge in [0.15, 0.2) is 0 Å². The Balaban J connectivity index is 1.46. The highest BCUT2D eigenvalue weighted by Gasteiger charge is 2.23. The molecule has 0 spiro atoms. The van der Waals surface area contributed by atoms with Gasteiger partial charge in [0.25, 0.3) is 5.56 Å². The Kier molecular flexibility index (Phi) is 5.98. The van der Waals surface area contributed by atoms with E-state index in [0.29, 0.717) is 19.8 Å². The van der Waals surface area contributed by atoms with Gasteiger partial charge in [0.05, 0.1) is 37.8 Å². The third kappa shape index (κ3) is 4.05. The van der Waals surface area contributed by atoms with E-state index >= 15 is 0 Å². The van der Waals surface area contributed by atoms with E-state index in [4.69, 9.17) is 9.47 Å². The smallest absolute Gasteiger partial charge is 0.251 e. The molecule has 2 aliphatic rings. The Morgan fingerprint density at radius 3 is 2.84 bits per heavy atom. The Hall–Kier alpha value is -2.70. The summed E-state index contributed by atoms with van der Waals surface area (Å²) < 4.78 is 15.1. The first-order valence-electron chi connectivity index (χ1n) is 11.7. The molecule has 0 saturated carbocycles. The second-order valence-corrected chi connectivity index (χ2v) is 8.82. The van der Waals surface area contributed by atoms with Crippen LogP contribution in [0.1, 0.15) is 36.5 Å². The molecule has 1 atom stereocenters. The highest BCUT2D eigenvalue weighted by atomic mass is 16.6. The molecular weight excluding hydrogens is 402 g/mol. The normalized spacial score (nSPS) is 17.8. The zero-order chi connectivity index (χ0) is 22.1. The minimum atomic E-state index is 0.117. The van der Waals surface area contributed by atoms with Crippen molar-refractivity contribution in [2.24, 2.45) is 7.05 Å². The van der Waals surface area contributed by atoms with E-state index < -0.39 is 0 Å². The molecule has 0 N–H and O–H groups in total. The zero-order valence-corrected chi connectivity index (χ0v) is 19.0. The van der Waals surface area contributed by atoms with Crippen LogP contribution in [0.15, 0.2) is 41.5 Å².